The van der Waals surface area contributed by atoms with Crippen LogP contribution in [0.1, 0.15) is 11.1 Å². The van der Waals surface area contributed by atoms with Crippen molar-refractivity contribution in [2.45, 2.75) is 13.5 Å². The number of carbonyl (C=O) groups excluding carboxylic acids is 1. The van der Waals surface area contributed by atoms with Gasteiger partial charge in [-0.05, 0) is 18.6 Å². The highest BCUT2D eigenvalue weighted by atomic mass is 16.3. The molecule has 1 rings (SSSR count). The van der Waals surface area contributed by atoms with Gasteiger partial charge in [0.15, 0.2) is 0 Å². The first-order chi connectivity index (χ1) is 6.15. The topological polar surface area (TPSA) is 75.3 Å². The molecule has 70 valence electrons. The van der Waals surface area contributed by atoms with Gasteiger partial charge in [0.2, 0.25) is 0 Å². The molecule has 0 aliphatic rings. The summed E-state index contributed by atoms with van der Waals surface area (Å²) >= 11 is 0. The van der Waals surface area contributed by atoms with E-state index in [0.717, 1.165) is 5.56 Å². The zero-order valence-corrected chi connectivity index (χ0v) is 7.37. The summed E-state index contributed by atoms with van der Waals surface area (Å²) in [5.74, 6) is 0. The van der Waals surface area contributed by atoms with Crippen LogP contribution in [0.2, 0.25) is 0 Å². The Kier molecular flexibility index (Phi) is 2.87. The molecule has 0 saturated heterocycles. The smallest absolute Gasteiger partial charge is 0.316 e. The normalized spacial score (nSPS) is 9.69. The van der Waals surface area contributed by atoms with Gasteiger partial charge in [0.05, 0.1) is 6.61 Å². The van der Waals surface area contributed by atoms with Crippen LogP contribution in [0.15, 0.2) is 18.2 Å². The van der Waals surface area contributed by atoms with Crippen molar-refractivity contribution in [1.29, 1.82) is 0 Å². The van der Waals surface area contributed by atoms with Gasteiger partial charge in [-0.2, -0.15) is 0 Å². The van der Waals surface area contributed by atoms with Gasteiger partial charge in [0, 0.05) is 11.3 Å². The summed E-state index contributed by atoms with van der Waals surface area (Å²) in [7, 11) is 0. The maximum absolute atomic E-state index is 10.6. The number of nitrogens with two attached hydrogens (primary N) is 1. The lowest BCUT2D eigenvalue weighted by molar-refractivity contribution is 0.259. The number of amides is 2. The first-order valence-electron chi connectivity index (χ1n) is 3.91. The lowest BCUT2D eigenvalue weighted by Gasteiger charge is -2.09. The number of aryl methyl sites for hydroxylation is 1. The molecule has 1 aromatic carbocycles. The highest BCUT2D eigenvalue weighted by molar-refractivity contribution is 5.88. The summed E-state index contributed by atoms with van der Waals surface area (Å²) in [6.45, 7) is 1.75. The third-order valence-electron chi connectivity index (χ3n) is 1.83. The van der Waals surface area contributed by atoms with Gasteiger partial charge >= 0.3 is 6.03 Å². The Bertz CT molecular complexity index is 323. The third-order valence-corrected chi connectivity index (χ3v) is 1.83. The van der Waals surface area contributed by atoms with Gasteiger partial charge in [-0.3, -0.25) is 0 Å². The van der Waals surface area contributed by atoms with Crippen LogP contribution in [-0.2, 0) is 6.61 Å². The van der Waals surface area contributed by atoms with E-state index in [0.29, 0.717) is 11.3 Å². The van der Waals surface area contributed by atoms with Crippen LogP contribution in [0, 0.1) is 6.92 Å². The van der Waals surface area contributed by atoms with Gasteiger partial charge < -0.3 is 16.2 Å². The molecule has 0 unspecified atom stereocenters. The average molecular weight is 180 g/mol. The zero-order valence-electron chi connectivity index (χ0n) is 7.37. The molecule has 0 atom stereocenters. The standard InChI is InChI=1S/C9H12N2O2/c1-6-3-2-4-8(7(6)5-12)11-9(10)13/h2-4,12H,5H2,1H3,(H3,10,11,13). The number of anilines is 1. The molecule has 0 saturated carbocycles. The fraction of sp³-hybridized carbons (Fsp3) is 0.222. The van der Waals surface area contributed by atoms with Crippen molar-refractivity contribution >= 4 is 11.7 Å². The molecule has 0 aromatic heterocycles. The molecule has 4 N–H and O–H groups in total. The van der Waals surface area contributed by atoms with E-state index >= 15 is 0 Å². The summed E-state index contributed by atoms with van der Waals surface area (Å²) < 4.78 is 0. The molecule has 0 radical (unpaired) electrons. The predicted molar refractivity (Wildman–Crippen MR) is 50.3 cm³/mol. The second-order valence-corrected chi connectivity index (χ2v) is 2.75. The van der Waals surface area contributed by atoms with E-state index in [1.165, 1.54) is 0 Å². The van der Waals surface area contributed by atoms with Gasteiger partial charge in [0.1, 0.15) is 0 Å². The lowest BCUT2D eigenvalue weighted by atomic mass is 10.1. The van der Waals surface area contributed by atoms with E-state index in [-0.39, 0.29) is 6.61 Å². The SMILES string of the molecule is Cc1cccc(NC(N)=O)c1CO. The number of aliphatic hydroxyl groups excluding tert-OH is 1. The summed E-state index contributed by atoms with van der Waals surface area (Å²) in [4.78, 5) is 10.6. The van der Waals surface area contributed by atoms with Crippen molar-refractivity contribution < 1.29 is 9.90 Å². The number of hydrogen-bond acceptors (Lipinski definition) is 2. The Hall–Kier alpha value is -1.55. The predicted octanol–water partition coefficient (Wildman–Crippen LogP) is 0.978. The fourth-order valence-corrected chi connectivity index (χ4v) is 1.16. The molecule has 0 heterocycles. The van der Waals surface area contributed by atoms with Crippen LogP contribution in [0.5, 0.6) is 0 Å². The Morgan fingerprint density at radius 1 is 1.62 bits per heavy atom. The number of urea groups is 1. The minimum absolute atomic E-state index is 0.109. The second kappa shape index (κ2) is 3.91. The van der Waals surface area contributed by atoms with Gasteiger partial charge in [-0.25, -0.2) is 4.79 Å². The average Bonchev–Trinajstić information content (AvgIpc) is 2.03. The molecule has 0 aliphatic heterocycles. The zero-order chi connectivity index (χ0) is 9.84. The van der Waals surface area contributed by atoms with Crippen molar-refractivity contribution in [2.24, 2.45) is 5.73 Å². The third kappa shape index (κ3) is 2.19. The first kappa shape index (κ1) is 9.54. The Labute approximate surface area is 76.4 Å². The molecule has 4 nitrogen and oxygen atoms in total. The number of primary amides is 1. The van der Waals surface area contributed by atoms with E-state index < -0.39 is 6.03 Å². The summed E-state index contributed by atoms with van der Waals surface area (Å²) in [6.07, 6.45) is 0. The maximum Gasteiger partial charge on any atom is 0.316 e. The van der Waals surface area contributed by atoms with Gasteiger partial charge in [-0.15, -0.1) is 0 Å². The Morgan fingerprint density at radius 2 is 2.31 bits per heavy atom. The van der Waals surface area contributed by atoms with Crippen LogP contribution in [-0.4, -0.2) is 11.1 Å². The van der Waals surface area contributed by atoms with Gasteiger partial charge in [-0.1, -0.05) is 12.1 Å². The van der Waals surface area contributed by atoms with Crippen LogP contribution in [0.4, 0.5) is 10.5 Å². The number of aliphatic hydroxyl groups is 1. The number of hydrogen-bond donors (Lipinski definition) is 3. The van der Waals surface area contributed by atoms with E-state index in [1.807, 2.05) is 13.0 Å². The van der Waals surface area contributed by atoms with Gasteiger partial charge in [0.25, 0.3) is 0 Å². The molecule has 0 spiro atoms. The minimum atomic E-state index is -0.625. The molecule has 0 bridgehead atoms. The van der Waals surface area contributed by atoms with Crippen molar-refractivity contribution in [1.82, 2.24) is 0 Å². The first-order valence-corrected chi connectivity index (χ1v) is 3.91. The molecule has 4 heteroatoms. The summed E-state index contributed by atoms with van der Waals surface area (Å²) in [5.41, 5.74) is 7.15. The van der Waals surface area contributed by atoms with Crippen LogP contribution < -0.4 is 11.1 Å². The number of rotatable bonds is 2. The van der Waals surface area contributed by atoms with Crippen LogP contribution in [0.3, 0.4) is 0 Å². The van der Waals surface area contributed by atoms with Crippen molar-refractivity contribution in [3.63, 3.8) is 0 Å². The van der Waals surface area contributed by atoms with E-state index in [2.05, 4.69) is 5.32 Å². The van der Waals surface area contributed by atoms with Crippen molar-refractivity contribution in [3.8, 4) is 0 Å². The summed E-state index contributed by atoms with van der Waals surface area (Å²) in [5, 5.41) is 11.5. The molecule has 13 heavy (non-hydrogen) atoms. The second-order valence-electron chi connectivity index (χ2n) is 2.75. The monoisotopic (exact) mass is 180 g/mol. The van der Waals surface area contributed by atoms with E-state index in [4.69, 9.17) is 10.8 Å². The lowest BCUT2D eigenvalue weighted by Crippen LogP contribution is -2.20. The van der Waals surface area contributed by atoms with Crippen molar-refractivity contribution in [2.75, 3.05) is 5.32 Å². The van der Waals surface area contributed by atoms with Crippen molar-refractivity contribution in [3.05, 3.63) is 29.3 Å². The molecular formula is C9H12N2O2. The largest absolute Gasteiger partial charge is 0.392 e. The van der Waals surface area contributed by atoms with E-state index in [9.17, 15) is 4.79 Å². The Morgan fingerprint density at radius 3 is 2.85 bits per heavy atom. The highest BCUT2D eigenvalue weighted by Crippen LogP contribution is 2.18. The van der Waals surface area contributed by atoms with E-state index in [1.54, 1.807) is 12.1 Å². The number of benzene rings is 1. The van der Waals surface area contributed by atoms with Crippen LogP contribution >= 0.6 is 0 Å². The number of nitrogens with one attached hydrogen (secondary N) is 1. The number of carbonyl (C=O) groups is 1. The molecule has 1 aromatic rings. The molecule has 2 amide bonds. The highest BCUT2D eigenvalue weighted by Gasteiger charge is 2.04. The maximum atomic E-state index is 10.6. The fourth-order valence-electron chi connectivity index (χ4n) is 1.16. The molecular weight excluding hydrogens is 168 g/mol. The molecule has 0 fully saturated rings. The minimum Gasteiger partial charge on any atom is -0.392 e. The summed E-state index contributed by atoms with van der Waals surface area (Å²) in [6, 6.07) is 4.72. The Balaban J connectivity index is 3.05. The van der Waals surface area contributed by atoms with Crippen LogP contribution in [0.25, 0.3) is 0 Å². The molecule has 0 aliphatic carbocycles. The quantitative estimate of drug-likeness (QED) is 0.634.